The topological polar surface area (TPSA) is 87.7 Å². The van der Waals surface area contributed by atoms with Crippen molar-refractivity contribution in [2.75, 3.05) is 38.2 Å². The SMILES string of the molecule is Cl.O=C(CN1CCOCC1)Nc1ccc2c(c1)C(=O)NC2=O. The van der Waals surface area contributed by atoms with Crippen LogP contribution >= 0.6 is 12.4 Å². The van der Waals surface area contributed by atoms with Crippen LogP contribution in [0.2, 0.25) is 0 Å². The maximum atomic E-state index is 12.0. The van der Waals surface area contributed by atoms with Crippen LogP contribution in [0.4, 0.5) is 5.69 Å². The van der Waals surface area contributed by atoms with Crippen molar-refractivity contribution >= 4 is 35.8 Å². The first kappa shape index (κ1) is 16.4. The van der Waals surface area contributed by atoms with Crippen LogP contribution in [0.25, 0.3) is 0 Å². The summed E-state index contributed by atoms with van der Waals surface area (Å²) in [5.41, 5.74) is 1.15. The number of carbonyl (C=O) groups excluding carboxylic acids is 3. The predicted octanol–water partition coefficient (Wildman–Crippen LogP) is 0.263. The van der Waals surface area contributed by atoms with Gasteiger partial charge in [-0.25, -0.2) is 0 Å². The summed E-state index contributed by atoms with van der Waals surface area (Å²) in [6.45, 7) is 3.01. The minimum absolute atomic E-state index is 0. The lowest BCUT2D eigenvalue weighted by Crippen LogP contribution is -2.41. The smallest absolute Gasteiger partial charge is 0.259 e. The highest BCUT2D eigenvalue weighted by atomic mass is 35.5. The molecule has 0 atom stereocenters. The van der Waals surface area contributed by atoms with Gasteiger partial charge in [0.15, 0.2) is 0 Å². The van der Waals surface area contributed by atoms with E-state index in [2.05, 4.69) is 10.6 Å². The number of imide groups is 1. The molecule has 22 heavy (non-hydrogen) atoms. The van der Waals surface area contributed by atoms with E-state index in [0.717, 1.165) is 13.1 Å². The molecule has 3 rings (SSSR count). The van der Waals surface area contributed by atoms with Crippen molar-refractivity contribution in [1.82, 2.24) is 10.2 Å². The van der Waals surface area contributed by atoms with Crippen LogP contribution in [0.5, 0.6) is 0 Å². The highest BCUT2D eigenvalue weighted by molar-refractivity contribution is 6.22. The molecule has 0 unspecified atom stereocenters. The number of fused-ring (bicyclic) bond motifs is 1. The Labute approximate surface area is 133 Å². The number of morpholine rings is 1. The van der Waals surface area contributed by atoms with Gasteiger partial charge in [0.05, 0.1) is 30.9 Å². The van der Waals surface area contributed by atoms with E-state index in [4.69, 9.17) is 4.74 Å². The van der Waals surface area contributed by atoms with Crippen molar-refractivity contribution in [3.05, 3.63) is 29.3 Å². The second-order valence-corrected chi connectivity index (χ2v) is 4.98. The summed E-state index contributed by atoms with van der Waals surface area (Å²) in [4.78, 5) is 37.0. The summed E-state index contributed by atoms with van der Waals surface area (Å²) in [7, 11) is 0. The molecule has 1 aromatic carbocycles. The van der Waals surface area contributed by atoms with E-state index in [1.165, 1.54) is 6.07 Å². The van der Waals surface area contributed by atoms with Gasteiger partial charge in [-0.15, -0.1) is 12.4 Å². The number of anilines is 1. The number of ether oxygens (including phenoxy) is 1. The van der Waals surface area contributed by atoms with Crippen LogP contribution in [-0.4, -0.2) is 55.5 Å². The largest absolute Gasteiger partial charge is 0.379 e. The Hall–Kier alpha value is -1.96. The molecule has 1 saturated heterocycles. The Kier molecular flexibility index (Phi) is 5.12. The van der Waals surface area contributed by atoms with Gasteiger partial charge in [0, 0.05) is 18.8 Å². The third-order valence-corrected chi connectivity index (χ3v) is 3.49. The molecule has 0 saturated carbocycles. The molecule has 0 radical (unpaired) electrons. The van der Waals surface area contributed by atoms with E-state index in [9.17, 15) is 14.4 Å². The molecule has 2 N–H and O–H groups in total. The molecule has 2 heterocycles. The number of nitrogens with zero attached hydrogens (tertiary/aromatic N) is 1. The second-order valence-electron chi connectivity index (χ2n) is 4.98. The Morgan fingerprint density at radius 2 is 1.86 bits per heavy atom. The lowest BCUT2D eigenvalue weighted by atomic mass is 10.1. The highest BCUT2D eigenvalue weighted by Gasteiger charge is 2.26. The maximum absolute atomic E-state index is 12.0. The lowest BCUT2D eigenvalue weighted by Gasteiger charge is -2.25. The number of hydrogen-bond acceptors (Lipinski definition) is 5. The van der Waals surface area contributed by atoms with Gasteiger partial charge in [-0.1, -0.05) is 0 Å². The van der Waals surface area contributed by atoms with Crippen molar-refractivity contribution < 1.29 is 19.1 Å². The van der Waals surface area contributed by atoms with Crippen molar-refractivity contribution in [2.24, 2.45) is 0 Å². The number of halogens is 1. The summed E-state index contributed by atoms with van der Waals surface area (Å²) in [5, 5.41) is 4.96. The monoisotopic (exact) mass is 325 g/mol. The summed E-state index contributed by atoms with van der Waals surface area (Å²) in [5.74, 6) is -0.984. The van der Waals surface area contributed by atoms with Crippen LogP contribution in [0, 0.1) is 0 Å². The zero-order valence-corrected chi connectivity index (χ0v) is 12.6. The van der Waals surface area contributed by atoms with Crippen molar-refractivity contribution in [2.45, 2.75) is 0 Å². The van der Waals surface area contributed by atoms with Crippen LogP contribution in [0.3, 0.4) is 0 Å². The van der Waals surface area contributed by atoms with E-state index >= 15 is 0 Å². The summed E-state index contributed by atoms with van der Waals surface area (Å²) in [6.07, 6.45) is 0. The number of amides is 3. The molecule has 0 aromatic heterocycles. The van der Waals surface area contributed by atoms with Gasteiger partial charge in [0.1, 0.15) is 0 Å². The molecule has 1 fully saturated rings. The molecule has 8 heteroatoms. The van der Waals surface area contributed by atoms with E-state index in [1.807, 2.05) is 4.90 Å². The van der Waals surface area contributed by atoms with Crippen LogP contribution in [-0.2, 0) is 9.53 Å². The fourth-order valence-electron chi connectivity index (χ4n) is 2.41. The molecule has 7 nitrogen and oxygen atoms in total. The minimum Gasteiger partial charge on any atom is -0.379 e. The van der Waals surface area contributed by atoms with Crippen molar-refractivity contribution in [1.29, 1.82) is 0 Å². The van der Waals surface area contributed by atoms with Crippen molar-refractivity contribution in [3.63, 3.8) is 0 Å². The zero-order valence-electron chi connectivity index (χ0n) is 11.8. The van der Waals surface area contributed by atoms with Crippen LogP contribution in [0.1, 0.15) is 20.7 Å². The number of benzene rings is 1. The molecule has 1 aromatic rings. The van der Waals surface area contributed by atoms with Gasteiger partial charge in [0.25, 0.3) is 11.8 Å². The molecule has 2 aliphatic rings. The van der Waals surface area contributed by atoms with Gasteiger partial charge < -0.3 is 10.1 Å². The molecular weight excluding hydrogens is 310 g/mol. The van der Waals surface area contributed by atoms with Gasteiger partial charge >= 0.3 is 0 Å². The molecule has 0 aliphatic carbocycles. The first-order chi connectivity index (χ1) is 10.1. The van der Waals surface area contributed by atoms with Gasteiger partial charge in [-0.05, 0) is 18.2 Å². The van der Waals surface area contributed by atoms with Gasteiger partial charge in [-0.3, -0.25) is 24.6 Å². The Morgan fingerprint density at radius 3 is 2.59 bits per heavy atom. The van der Waals surface area contributed by atoms with E-state index < -0.39 is 11.8 Å². The van der Waals surface area contributed by atoms with E-state index in [1.54, 1.807) is 12.1 Å². The Balaban J connectivity index is 0.00000176. The van der Waals surface area contributed by atoms with Crippen LogP contribution in [0.15, 0.2) is 18.2 Å². The Bertz CT molecular complexity index is 614. The first-order valence-electron chi connectivity index (χ1n) is 6.73. The van der Waals surface area contributed by atoms with E-state index in [0.29, 0.717) is 30.0 Å². The van der Waals surface area contributed by atoms with Crippen molar-refractivity contribution in [3.8, 4) is 0 Å². The summed E-state index contributed by atoms with van der Waals surface area (Å²) in [6, 6.07) is 4.68. The number of nitrogens with one attached hydrogen (secondary N) is 2. The number of hydrogen-bond donors (Lipinski definition) is 2. The maximum Gasteiger partial charge on any atom is 0.259 e. The molecular formula is C14H16ClN3O4. The average molecular weight is 326 g/mol. The molecule has 2 aliphatic heterocycles. The van der Waals surface area contributed by atoms with E-state index in [-0.39, 0.29) is 24.9 Å². The minimum atomic E-state index is -0.431. The molecule has 0 bridgehead atoms. The first-order valence-corrected chi connectivity index (χ1v) is 6.73. The average Bonchev–Trinajstić information content (AvgIpc) is 2.74. The molecule has 3 amide bonds. The summed E-state index contributed by atoms with van der Waals surface area (Å²) < 4.78 is 5.22. The molecule has 0 spiro atoms. The quantitative estimate of drug-likeness (QED) is 0.779. The zero-order chi connectivity index (χ0) is 14.8. The predicted molar refractivity (Wildman–Crippen MR) is 81.4 cm³/mol. The fourth-order valence-corrected chi connectivity index (χ4v) is 2.41. The third-order valence-electron chi connectivity index (χ3n) is 3.49. The number of carbonyl (C=O) groups is 3. The normalized spacial score (nSPS) is 17.5. The second kappa shape index (κ2) is 6.87. The summed E-state index contributed by atoms with van der Waals surface area (Å²) >= 11 is 0. The lowest BCUT2D eigenvalue weighted by molar-refractivity contribution is -0.118. The number of rotatable bonds is 3. The molecule has 118 valence electrons. The fraction of sp³-hybridized carbons (Fsp3) is 0.357. The van der Waals surface area contributed by atoms with Gasteiger partial charge in [-0.2, -0.15) is 0 Å². The third kappa shape index (κ3) is 3.44. The Morgan fingerprint density at radius 1 is 1.18 bits per heavy atom. The standard InChI is InChI=1S/C14H15N3O4.ClH/c18-12(8-17-3-5-21-6-4-17)15-9-1-2-10-11(7-9)14(20)16-13(10)19;/h1-2,7H,3-6,8H2,(H,15,18)(H,16,19,20);1H. The van der Waals surface area contributed by atoms with Crippen LogP contribution < -0.4 is 10.6 Å². The van der Waals surface area contributed by atoms with Gasteiger partial charge in [0.2, 0.25) is 5.91 Å². The highest BCUT2D eigenvalue weighted by Crippen LogP contribution is 2.20.